The number of aryl methyl sites for hydroxylation is 1. The van der Waals surface area contributed by atoms with E-state index < -0.39 is 10.2 Å². The van der Waals surface area contributed by atoms with Gasteiger partial charge in [-0.05, 0) is 31.4 Å². The average Bonchev–Trinajstić information content (AvgIpc) is 2.75. The lowest BCUT2D eigenvalue weighted by atomic mass is 10.2. The summed E-state index contributed by atoms with van der Waals surface area (Å²) in [6.45, 7) is 3.14. The maximum atomic E-state index is 12.0. The summed E-state index contributed by atoms with van der Waals surface area (Å²) in [4.78, 5) is 0. The molecular weight excluding hydrogens is 224 g/mol. The van der Waals surface area contributed by atoms with Gasteiger partial charge in [0.1, 0.15) is 0 Å². The maximum Gasteiger partial charge on any atom is 0.301 e. The van der Waals surface area contributed by atoms with E-state index in [1.54, 1.807) is 6.07 Å². The zero-order chi connectivity index (χ0) is 11.6. The predicted octanol–water partition coefficient (Wildman–Crippen LogP) is 1.75. The molecule has 0 bridgehead atoms. The SMILES string of the molecule is Cc1ccccc1NS(=O)(=O)N1CCCC1. The van der Waals surface area contributed by atoms with Crippen molar-refractivity contribution < 1.29 is 8.42 Å². The molecule has 4 nitrogen and oxygen atoms in total. The third kappa shape index (κ3) is 2.36. The van der Waals surface area contributed by atoms with E-state index in [1.165, 1.54) is 4.31 Å². The fourth-order valence-electron chi connectivity index (χ4n) is 1.82. The van der Waals surface area contributed by atoms with Gasteiger partial charge < -0.3 is 0 Å². The number of rotatable bonds is 3. The topological polar surface area (TPSA) is 49.4 Å². The van der Waals surface area contributed by atoms with Crippen LogP contribution in [0.3, 0.4) is 0 Å². The highest BCUT2D eigenvalue weighted by Crippen LogP contribution is 2.19. The third-order valence-corrected chi connectivity index (χ3v) is 4.31. The van der Waals surface area contributed by atoms with Gasteiger partial charge in [-0.25, -0.2) is 0 Å². The van der Waals surface area contributed by atoms with Gasteiger partial charge in [-0.15, -0.1) is 0 Å². The number of hydrogen-bond acceptors (Lipinski definition) is 2. The van der Waals surface area contributed by atoms with Gasteiger partial charge in [0, 0.05) is 13.1 Å². The van der Waals surface area contributed by atoms with Gasteiger partial charge in [0.25, 0.3) is 0 Å². The van der Waals surface area contributed by atoms with Gasteiger partial charge in [-0.2, -0.15) is 12.7 Å². The van der Waals surface area contributed by atoms with Crippen molar-refractivity contribution in [3.05, 3.63) is 29.8 Å². The molecule has 1 heterocycles. The molecular formula is C11H16N2O2S. The van der Waals surface area contributed by atoms with Crippen molar-refractivity contribution in [3.63, 3.8) is 0 Å². The van der Waals surface area contributed by atoms with E-state index in [0.717, 1.165) is 18.4 Å². The highest BCUT2D eigenvalue weighted by Gasteiger charge is 2.25. The third-order valence-electron chi connectivity index (χ3n) is 2.79. The summed E-state index contributed by atoms with van der Waals surface area (Å²) in [5.74, 6) is 0. The molecule has 1 saturated heterocycles. The zero-order valence-corrected chi connectivity index (χ0v) is 10.1. The first kappa shape index (κ1) is 11.4. The van der Waals surface area contributed by atoms with E-state index in [2.05, 4.69) is 4.72 Å². The van der Waals surface area contributed by atoms with E-state index in [-0.39, 0.29) is 0 Å². The molecule has 1 aliphatic heterocycles. The van der Waals surface area contributed by atoms with Crippen LogP contribution in [0.15, 0.2) is 24.3 Å². The lowest BCUT2D eigenvalue weighted by molar-refractivity contribution is 0.482. The zero-order valence-electron chi connectivity index (χ0n) is 9.31. The Morgan fingerprint density at radius 1 is 1.19 bits per heavy atom. The molecule has 88 valence electrons. The van der Waals surface area contributed by atoms with Crippen molar-refractivity contribution in [3.8, 4) is 0 Å². The van der Waals surface area contributed by atoms with Gasteiger partial charge in [-0.1, -0.05) is 18.2 Å². The molecule has 1 fully saturated rings. The van der Waals surface area contributed by atoms with Crippen molar-refractivity contribution in [2.75, 3.05) is 17.8 Å². The maximum absolute atomic E-state index is 12.0. The van der Waals surface area contributed by atoms with Crippen molar-refractivity contribution in [1.82, 2.24) is 4.31 Å². The van der Waals surface area contributed by atoms with Crippen LogP contribution in [-0.2, 0) is 10.2 Å². The van der Waals surface area contributed by atoms with E-state index in [0.29, 0.717) is 18.8 Å². The molecule has 0 unspecified atom stereocenters. The molecule has 0 aliphatic carbocycles. The Morgan fingerprint density at radius 2 is 1.81 bits per heavy atom. The fourth-order valence-corrected chi connectivity index (χ4v) is 3.19. The molecule has 0 amide bonds. The summed E-state index contributed by atoms with van der Waals surface area (Å²) in [5.41, 5.74) is 1.60. The molecule has 5 heteroatoms. The average molecular weight is 240 g/mol. The molecule has 0 radical (unpaired) electrons. The molecule has 0 atom stereocenters. The largest absolute Gasteiger partial charge is 0.301 e. The molecule has 1 aromatic carbocycles. The van der Waals surface area contributed by atoms with E-state index in [9.17, 15) is 8.42 Å². The van der Waals surface area contributed by atoms with Crippen LogP contribution in [0.1, 0.15) is 18.4 Å². The second kappa shape index (κ2) is 4.43. The quantitative estimate of drug-likeness (QED) is 0.875. The van der Waals surface area contributed by atoms with E-state index in [1.807, 2.05) is 25.1 Å². The minimum Gasteiger partial charge on any atom is -0.271 e. The summed E-state index contributed by atoms with van der Waals surface area (Å²) in [7, 11) is -3.35. The van der Waals surface area contributed by atoms with Crippen LogP contribution in [0.5, 0.6) is 0 Å². The minimum atomic E-state index is -3.35. The van der Waals surface area contributed by atoms with Crippen molar-refractivity contribution in [2.24, 2.45) is 0 Å². The molecule has 1 aliphatic rings. The number of nitrogens with one attached hydrogen (secondary N) is 1. The Bertz CT molecular complexity index is 465. The van der Waals surface area contributed by atoms with Gasteiger partial charge in [0.05, 0.1) is 5.69 Å². The normalized spacial score (nSPS) is 17.6. The predicted molar refractivity (Wildman–Crippen MR) is 64.5 cm³/mol. The monoisotopic (exact) mass is 240 g/mol. The van der Waals surface area contributed by atoms with E-state index >= 15 is 0 Å². The lowest BCUT2D eigenvalue weighted by Crippen LogP contribution is -2.33. The van der Waals surface area contributed by atoms with Crippen LogP contribution >= 0.6 is 0 Å². The first-order valence-corrected chi connectivity index (χ1v) is 6.87. The van der Waals surface area contributed by atoms with Crippen molar-refractivity contribution >= 4 is 15.9 Å². The second-order valence-electron chi connectivity index (χ2n) is 4.03. The second-order valence-corrected chi connectivity index (χ2v) is 5.70. The Morgan fingerprint density at radius 3 is 2.44 bits per heavy atom. The van der Waals surface area contributed by atoms with E-state index in [4.69, 9.17) is 0 Å². The smallest absolute Gasteiger partial charge is 0.271 e. The summed E-state index contributed by atoms with van der Waals surface area (Å²) in [6.07, 6.45) is 1.91. The fraction of sp³-hybridized carbons (Fsp3) is 0.455. The number of nitrogens with zero attached hydrogens (tertiary/aromatic N) is 1. The number of para-hydroxylation sites is 1. The molecule has 1 N–H and O–H groups in total. The Hall–Kier alpha value is -1.07. The highest BCUT2D eigenvalue weighted by atomic mass is 32.2. The van der Waals surface area contributed by atoms with Crippen LogP contribution in [0, 0.1) is 6.92 Å². The van der Waals surface area contributed by atoms with Gasteiger partial charge in [0.15, 0.2) is 0 Å². The first-order valence-electron chi connectivity index (χ1n) is 5.43. The van der Waals surface area contributed by atoms with Crippen molar-refractivity contribution in [1.29, 1.82) is 0 Å². The first-order chi connectivity index (χ1) is 7.59. The van der Waals surface area contributed by atoms with Crippen LogP contribution in [0.25, 0.3) is 0 Å². The van der Waals surface area contributed by atoms with Crippen LogP contribution in [-0.4, -0.2) is 25.8 Å². The van der Waals surface area contributed by atoms with Gasteiger partial charge in [0.2, 0.25) is 0 Å². The molecule has 0 aromatic heterocycles. The lowest BCUT2D eigenvalue weighted by Gasteiger charge is -2.17. The molecule has 0 saturated carbocycles. The molecule has 1 aromatic rings. The summed E-state index contributed by atoms with van der Waals surface area (Å²) >= 11 is 0. The Balaban J connectivity index is 2.18. The summed E-state index contributed by atoms with van der Waals surface area (Å²) < 4.78 is 28.1. The summed E-state index contributed by atoms with van der Waals surface area (Å²) in [6, 6.07) is 7.39. The van der Waals surface area contributed by atoms with Gasteiger partial charge in [-0.3, -0.25) is 4.72 Å². The summed E-state index contributed by atoms with van der Waals surface area (Å²) in [5, 5.41) is 0. The van der Waals surface area contributed by atoms with Crippen LogP contribution in [0.4, 0.5) is 5.69 Å². The number of anilines is 1. The number of benzene rings is 1. The number of hydrogen-bond donors (Lipinski definition) is 1. The van der Waals surface area contributed by atoms with Crippen molar-refractivity contribution in [2.45, 2.75) is 19.8 Å². The standard InChI is InChI=1S/C11H16N2O2S/c1-10-6-2-3-7-11(10)12-16(14,15)13-8-4-5-9-13/h2-3,6-7,12H,4-5,8-9H2,1H3. The molecule has 0 spiro atoms. The molecule has 16 heavy (non-hydrogen) atoms. The Labute approximate surface area is 96.5 Å². The van der Waals surface area contributed by atoms with Crippen LogP contribution < -0.4 is 4.72 Å². The minimum absolute atomic E-state index is 0.626. The molecule has 2 rings (SSSR count). The van der Waals surface area contributed by atoms with Crippen LogP contribution in [0.2, 0.25) is 0 Å². The Kier molecular flexibility index (Phi) is 3.16. The highest BCUT2D eigenvalue weighted by molar-refractivity contribution is 7.90. The van der Waals surface area contributed by atoms with Gasteiger partial charge >= 0.3 is 10.2 Å².